The first-order valence-electron chi connectivity index (χ1n) is 3.91. The fourth-order valence-corrected chi connectivity index (χ4v) is 1.15. The molecule has 2 heteroatoms. The third-order valence-corrected chi connectivity index (χ3v) is 1.82. The molecule has 0 fully saturated rings. The highest BCUT2D eigenvalue weighted by atomic mass is 16.5. The molecule has 1 rings (SSSR count). The van der Waals surface area contributed by atoms with Gasteiger partial charge in [0.2, 0.25) is 0 Å². The second kappa shape index (κ2) is 3.15. The highest BCUT2D eigenvalue weighted by Crippen LogP contribution is 1.99. The molecule has 0 aromatic rings. The van der Waals surface area contributed by atoms with Gasteiger partial charge < -0.3 is 4.74 Å². The number of hydrogen-bond donors (Lipinski definition) is 0. The zero-order valence-electron chi connectivity index (χ0n) is 7.00. The molecule has 0 bridgehead atoms. The zero-order valence-corrected chi connectivity index (χ0v) is 7.00. The summed E-state index contributed by atoms with van der Waals surface area (Å²) >= 11 is 0. The van der Waals surface area contributed by atoms with E-state index < -0.39 is 0 Å². The highest BCUT2D eigenvalue weighted by Gasteiger charge is 2.18. The fraction of sp³-hybridized carbons (Fsp3) is 0.875. The van der Waals surface area contributed by atoms with Crippen LogP contribution in [-0.2, 0) is 4.74 Å². The lowest BCUT2D eigenvalue weighted by atomic mass is 10.3. The monoisotopic (exact) mass is 142 g/mol. The second-order valence-corrected chi connectivity index (χ2v) is 3.12. The van der Waals surface area contributed by atoms with Crippen LogP contribution < -0.4 is 0 Å². The molecule has 58 valence electrons. The minimum absolute atomic E-state index is 0.396. The molecular formula is C8H16NO+. The Kier molecular flexibility index (Phi) is 2.44. The minimum atomic E-state index is 0.396. The van der Waals surface area contributed by atoms with Crippen molar-refractivity contribution in [3.05, 3.63) is 0 Å². The molecule has 0 aliphatic carbocycles. The van der Waals surface area contributed by atoms with Gasteiger partial charge in [0.05, 0.1) is 0 Å². The van der Waals surface area contributed by atoms with Gasteiger partial charge in [0.25, 0.3) is 0 Å². The van der Waals surface area contributed by atoms with Gasteiger partial charge in [0.1, 0.15) is 18.8 Å². The smallest absolute Gasteiger partial charge is 0.168 e. The number of hydrogen-bond acceptors (Lipinski definition) is 1. The summed E-state index contributed by atoms with van der Waals surface area (Å²) in [5.41, 5.74) is 0. The lowest BCUT2D eigenvalue weighted by Crippen LogP contribution is -2.36. The molecule has 10 heavy (non-hydrogen) atoms. The quantitative estimate of drug-likeness (QED) is 0.495. The molecule has 0 spiro atoms. The number of rotatable bonds is 1. The first-order chi connectivity index (χ1) is 4.70. The van der Waals surface area contributed by atoms with Gasteiger partial charge in [-0.2, -0.15) is 0 Å². The maximum Gasteiger partial charge on any atom is 0.168 e. The summed E-state index contributed by atoms with van der Waals surface area (Å²) in [6.45, 7) is 8.34. The van der Waals surface area contributed by atoms with E-state index in [2.05, 4.69) is 31.6 Å². The standard InChI is InChI=1S/C8H16NO/c1-7(2)9-4-5-10-8(3)6-9/h4,7-8H,5-6H2,1-3H3/q+1. The van der Waals surface area contributed by atoms with E-state index in [0.717, 1.165) is 13.2 Å². The van der Waals surface area contributed by atoms with E-state index in [1.807, 2.05) is 0 Å². The molecule has 0 aromatic heterocycles. The van der Waals surface area contributed by atoms with E-state index in [9.17, 15) is 0 Å². The van der Waals surface area contributed by atoms with E-state index in [1.165, 1.54) is 0 Å². The Morgan fingerprint density at radius 2 is 2.30 bits per heavy atom. The van der Waals surface area contributed by atoms with Crippen molar-refractivity contribution in [3.63, 3.8) is 0 Å². The average molecular weight is 142 g/mol. The molecule has 0 saturated heterocycles. The van der Waals surface area contributed by atoms with Gasteiger partial charge in [-0.1, -0.05) is 0 Å². The largest absolute Gasteiger partial charge is 0.362 e. The van der Waals surface area contributed by atoms with Crippen LogP contribution in [0.15, 0.2) is 0 Å². The van der Waals surface area contributed by atoms with Crippen LogP contribution >= 0.6 is 0 Å². The van der Waals surface area contributed by atoms with Crippen LogP contribution in [0.5, 0.6) is 0 Å². The molecule has 0 amide bonds. The summed E-state index contributed by atoms with van der Waals surface area (Å²) in [5, 5.41) is 0. The Balaban J connectivity index is 2.51. The lowest BCUT2D eigenvalue weighted by molar-refractivity contribution is -0.570. The summed E-state index contributed by atoms with van der Waals surface area (Å²) in [5.74, 6) is 0. The van der Waals surface area contributed by atoms with E-state index in [0.29, 0.717) is 12.1 Å². The van der Waals surface area contributed by atoms with Crippen molar-refractivity contribution in [2.45, 2.75) is 32.9 Å². The summed E-state index contributed by atoms with van der Waals surface area (Å²) in [4.78, 5) is 0. The van der Waals surface area contributed by atoms with E-state index in [4.69, 9.17) is 4.74 Å². The molecule has 2 nitrogen and oxygen atoms in total. The minimum Gasteiger partial charge on any atom is -0.362 e. The molecule has 0 aromatic carbocycles. The first-order valence-corrected chi connectivity index (χ1v) is 3.91. The molecule has 0 radical (unpaired) electrons. The van der Waals surface area contributed by atoms with Crippen LogP contribution in [-0.4, -0.2) is 36.1 Å². The SMILES string of the molecule is CC1C[N+](C(C)C)=CCO1. The molecule has 1 aliphatic rings. The van der Waals surface area contributed by atoms with Crippen molar-refractivity contribution in [2.24, 2.45) is 0 Å². The van der Waals surface area contributed by atoms with Crippen molar-refractivity contribution in [3.8, 4) is 0 Å². The van der Waals surface area contributed by atoms with Crippen molar-refractivity contribution in [1.82, 2.24) is 0 Å². The summed E-state index contributed by atoms with van der Waals surface area (Å²) < 4.78 is 7.69. The van der Waals surface area contributed by atoms with Crippen LogP contribution in [0.4, 0.5) is 0 Å². The van der Waals surface area contributed by atoms with Crippen molar-refractivity contribution in [1.29, 1.82) is 0 Å². The highest BCUT2D eigenvalue weighted by molar-refractivity contribution is 5.53. The van der Waals surface area contributed by atoms with Gasteiger partial charge in [0, 0.05) is 0 Å². The van der Waals surface area contributed by atoms with Gasteiger partial charge in [0.15, 0.2) is 12.8 Å². The predicted octanol–water partition coefficient (Wildman–Crippen LogP) is 0.897. The lowest BCUT2D eigenvalue weighted by Gasteiger charge is -2.17. The molecule has 0 N–H and O–H groups in total. The maximum absolute atomic E-state index is 5.36. The van der Waals surface area contributed by atoms with Crippen LogP contribution in [0.25, 0.3) is 0 Å². The van der Waals surface area contributed by atoms with Crippen molar-refractivity contribution < 1.29 is 9.31 Å². The van der Waals surface area contributed by atoms with E-state index >= 15 is 0 Å². The van der Waals surface area contributed by atoms with Crippen molar-refractivity contribution in [2.75, 3.05) is 13.2 Å². The zero-order chi connectivity index (χ0) is 7.56. The summed E-state index contributed by atoms with van der Waals surface area (Å²) in [7, 11) is 0. The van der Waals surface area contributed by atoms with Gasteiger partial charge in [-0.25, -0.2) is 4.58 Å². The Hall–Kier alpha value is -0.370. The van der Waals surface area contributed by atoms with E-state index in [-0.39, 0.29) is 0 Å². The van der Waals surface area contributed by atoms with Crippen LogP contribution in [0.2, 0.25) is 0 Å². The Labute approximate surface area is 62.5 Å². The molecule has 1 unspecified atom stereocenters. The molecule has 1 heterocycles. The molecular weight excluding hydrogens is 126 g/mol. The predicted molar refractivity (Wildman–Crippen MR) is 41.7 cm³/mol. The Morgan fingerprint density at radius 3 is 2.70 bits per heavy atom. The molecule has 1 atom stereocenters. The number of nitrogens with zero attached hydrogens (tertiary/aromatic N) is 1. The topological polar surface area (TPSA) is 12.2 Å². The van der Waals surface area contributed by atoms with Gasteiger partial charge in [-0.3, -0.25) is 0 Å². The van der Waals surface area contributed by atoms with Crippen molar-refractivity contribution >= 4 is 6.21 Å². The van der Waals surface area contributed by atoms with Gasteiger partial charge in [-0.05, 0) is 20.8 Å². The normalized spacial score (nSPS) is 26.8. The summed E-state index contributed by atoms with van der Waals surface area (Å²) in [6, 6.07) is 0.617. The van der Waals surface area contributed by atoms with Gasteiger partial charge >= 0.3 is 0 Å². The van der Waals surface area contributed by atoms with Gasteiger partial charge in [-0.15, -0.1) is 0 Å². The van der Waals surface area contributed by atoms with Crippen LogP contribution in [0, 0.1) is 0 Å². The molecule has 1 aliphatic heterocycles. The second-order valence-electron chi connectivity index (χ2n) is 3.12. The number of ether oxygens (including phenoxy) is 1. The Morgan fingerprint density at radius 1 is 1.60 bits per heavy atom. The van der Waals surface area contributed by atoms with Crippen LogP contribution in [0.1, 0.15) is 20.8 Å². The first kappa shape index (κ1) is 7.73. The maximum atomic E-state index is 5.36. The summed E-state index contributed by atoms with van der Waals surface area (Å²) in [6.07, 6.45) is 2.53. The fourth-order valence-electron chi connectivity index (χ4n) is 1.15. The molecule has 0 saturated carbocycles. The Bertz CT molecular complexity index is 140. The third-order valence-electron chi connectivity index (χ3n) is 1.82. The van der Waals surface area contributed by atoms with Crippen LogP contribution in [0.3, 0.4) is 0 Å². The van der Waals surface area contributed by atoms with E-state index in [1.54, 1.807) is 0 Å². The average Bonchev–Trinajstić information content (AvgIpc) is 1.88. The third kappa shape index (κ3) is 1.81.